The second-order valence-corrected chi connectivity index (χ2v) is 7.29. The van der Waals surface area contributed by atoms with E-state index in [1.54, 1.807) is 14.0 Å². The number of methoxy groups -OCH3 is 1. The van der Waals surface area contributed by atoms with Crippen LogP contribution in [0.3, 0.4) is 0 Å². The first-order valence-corrected chi connectivity index (χ1v) is 9.30. The third-order valence-corrected chi connectivity index (χ3v) is 5.80. The van der Waals surface area contributed by atoms with Crippen LogP contribution in [0.2, 0.25) is 0 Å². The highest BCUT2D eigenvalue weighted by Crippen LogP contribution is 2.45. The van der Waals surface area contributed by atoms with Crippen LogP contribution in [0.5, 0.6) is 5.75 Å². The number of ether oxygens (including phenoxy) is 2. The van der Waals surface area contributed by atoms with Gasteiger partial charge < -0.3 is 14.8 Å². The van der Waals surface area contributed by atoms with Crippen molar-refractivity contribution in [3.63, 3.8) is 0 Å². The maximum atomic E-state index is 12.9. The van der Waals surface area contributed by atoms with Crippen molar-refractivity contribution in [2.24, 2.45) is 0 Å². The number of hydrogen-bond acceptors (Lipinski definition) is 5. The molecule has 0 aromatic heterocycles. The molecule has 1 N–H and O–H groups in total. The summed E-state index contributed by atoms with van der Waals surface area (Å²) >= 11 is 1.28. The van der Waals surface area contributed by atoms with E-state index in [2.05, 4.69) is 5.32 Å². The molecule has 0 spiro atoms. The largest absolute Gasteiger partial charge is 0.497 e. The zero-order chi connectivity index (χ0) is 18.6. The number of para-hydroxylation sites is 1. The minimum absolute atomic E-state index is 0.235. The molecule has 26 heavy (non-hydrogen) atoms. The fourth-order valence-electron chi connectivity index (χ4n) is 2.88. The monoisotopic (exact) mass is 371 g/mol. The first-order valence-electron chi connectivity index (χ1n) is 8.48. The lowest BCUT2D eigenvalue weighted by Gasteiger charge is -2.34. The van der Waals surface area contributed by atoms with Crippen molar-refractivity contribution in [2.75, 3.05) is 19.0 Å². The van der Waals surface area contributed by atoms with Crippen LogP contribution in [-0.2, 0) is 20.7 Å². The van der Waals surface area contributed by atoms with Gasteiger partial charge in [-0.2, -0.15) is 0 Å². The summed E-state index contributed by atoms with van der Waals surface area (Å²) in [5.41, 5.74) is 1.76. The number of rotatable bonds is 6. The lowest BCUT2D eigenvalue weighted by Crippen LogP contribution is -2.50. The van der Waals surface area contributed by atoms with E-state index in [0.29, 0.717) is 12.8 Å². The van der Waals surface area contributed by atoms with Gasteiger partial charge in [0.2, 0.25) is 0 Å². The smallest absolute Gasteiger partial charge is 0.332 e. The maximum Gasteiger partial charge on any atom is 0.332 e. The minimum atomic E-state index is -1.29. The van der Waals surface area contributed by atoms with Gasteiger partial charge in [-0.1, -0.05) is 36.0 Å². The number of benzene rings is 2. The predicted octanol–water partition coefficient (Wildman–Crippen LogP) is 3.67. The van der Waals surface area contributed by atoms with Gasteiger partial charge in [0, 0.05) is 4.90 Å². The number of thioether (sulfide) groups is 1. The second-order valence-electron chi connectivity index (χ2n) is 5.95. The zero-order valence-electron chi connectivity index (χ0n) is 14.8. The third-order valence-electron chi connectivity index (χ3n) is 4.32. The molecule has 2 aromatic carbocycles. The molecule has 5 nitrogen and oxygen atoms in total. The van der Waals surface area contributed by atoms with Crippen molar-refractivity contribution in [2.45, 2.75) is 29.4 Å². The standard InChI is InChI=1S/C20H21NO4S/c1-3-25-19(23)20(13-12-14-8-10-15(24-2)11-9-14)18(22)21-16-6-4-5-7-17(16)26-20/h4-11H,3,12-13H2,1-2H3,(H,21,22). The van der Waals surface area contributed by atoms with Crippen molar-refractivity contribution in [1.82, 2.24) is 0 Å². The molecule has 0 saturated heterocycles. The highest BCUT2D eigenvalue weighted by Gasteiger charge is 2.50. The number of carbonyl (C=O) groups is 2. The summed E-state index contributed by atoms with van der Waals surface area (Å²) < 4.78 is 9.13. The summed E-state index contributed by atoms with van der Waals surface area (Å²) in [6.07, 6.45) is 0.925. The van der Waals surface area contributed by atoms with Gasteiger partial charge in [0.25, 0.3) is 5.91 Å². The Morgan fingerprint density at radius 2 is 1.88 bits per heavy atom. The van der Waals surface area contributed by atoms with Crippen molar-refractivity contribution in [3.05, 3.63) is 54.1 Å². The molecular formula is C20H21NO4S. The van der Waals surface area contributed by atoms with Crippen LogP contribution >= 0.6 is 11.8 Å². The first kappa shape index (κ1) is 18.3. The van der Waals surface area contributed by atoms with Gasteiger partial charge in [0.05, 0.1) is 19.4 Å². The van der Waals surface area contributed by atoms with Crippen LogP contribution in [0.15, 0.2) is 53.4 Å². The summed E-state index contributed by atoms with van der Waals surface area (Å²) in [5, 5.41) is 2.86. The number of carbonyl (C=O) groups excluding carboxylic acids is 2. The van der Waals surface area contributed by atoms with E-state index in [4.69, 9.17) is 9.47 Å². The number of amides is 1. The average molecular weight is 371 g/mol. The Bertz CT molecular complexity index is 806. The van der Waals surface area contributed by atoms with Crippen LogP contribution in [0, 0.1) is 0 Å². The number of hydrogen-bond donors (Lipinski definition) is 1. The normalized spacial score (nSPS) is 18.6. The zero-order valence-corrected chi connectivity index (χ0v) is 15.6. The van der Waals surface area contributed by atoms with Crippen LogP contribution in [0.4, 0.5) is 5.69 Å². The summed E-state index contributed by atoms with van der Waals surface area (Å²) in [6.45, 7) is 1.98. The van der Waals surface area contributed by atoms with Crippen LogP contribution in [0.25, 0.3) is 0 Å². The SMILES string of the molecule is CCOC(=O)C1(CCc2ccc(OC)cc2)Sc2ccccc2NC1=O. The molecule has 1 atom stereocenters. The Kier molecular flexibility index (Phi) is 5.52. The lowest BCUT2D eigenvalue weighted by atomic mass is 9.97. The molecule has 1 unspecified atom stereocenters. The van der Waals surface area contributed by atoms with Gasteiger partial charge in [-0.05, 0) is 49.6 Å². The molecule has 136 valence electrons. The quantitative estimate of drug-likeness (QED) is 0.620. The molecule has 0 aliphatic carbocycles. The van der Waals surface area contributed by atoms with Gasteiger partial charge >= 0.3 is 5.97 Å². The number of esters is 1. The molecule has 1 heterocycles. The van der Waals surface area contributed by atoms with Gasteiger partial charge in [-0.3, -0.25) is 4.79 Å². The number of anilines is 1. The van der Waals surface area contributed by atoms with Crippen LogP contribution < -0.4 is 10.1 Å². The molecule has 0 saturated carbocycles. The van der Waals surface area contributed by atoms with E-state index in [1.807, 2.05) is 48.5 Å². The molecule has 2 aromatic rings. The summed E-state index contributed by atoms with van der Waals surface area (Å²) in [5.74, 6) is -0.0498. The third kappa shape index (κ3) is 3.55. The average Bonchev–Trinajstić information content (AvgIpc) is 2.67. The molecule has 0 radical (unpaired) electrons. The highest BCUT2D eigenvalue weighted by molar-refractivity contribution is 8.02. The first-order chi connectivity index (χ1) is 12.6. The van der Waals surface area contributed by atoms with E-state index >= 15 is 0 Å². The topological polar surface area (TPSA) is 64.6 Å². The Hall–Kier alpha value is -2.47. The number of fused-ring (bicyclic) bond motifs is 1. The second kappa shape index (κ2) is 7.83. The van der Waals surface area contributed by atoms with Crippen LogP contribution in [-0.4, -0.2) is 30.3 Å². The lowest BCUT2D eigenvalue weighted by molar-refractivity contribution is -0.149. The Morgan fingerprint density at radius 1 is 1.15 bits per heavy atom. The fourth-order valence-corrected chi connectivity index (χ4v) is 4.12. The van der Waals surface area contributed by atoms with Gasteiger partial charge in [0.15, 0.2) is 4.75 Å². The van der Waals surface area contributed by atoms with Crippen molar-refractivity contribution in [1.29, 1.82) is 0 Å². The Balaban J connectivity index is 1.87. The Labute approximate surface area is 157 Å². The number of aryl methyl sites for hydroxylation is 1. The Morgan fingerprint density at radius 3 is 2.58 bits per heavy atom. The minimum Gasteiger partial charge on any atom is -0.497 e. The molecule has 0 fully saturated rings. The molecular weight excluding hydrogens is 350 g/mol. The van der Waals surface area contributed by atoms with E-state index in [9.17, 15) is 9.59 Å². The molecule has 3 rings (SSSR count). The number of nitrogens with one attached hydrogen (secondary N) is 1. The molecule has 1 amide bonds. The van der Waals surface area contributed by atoms with Gasteiger partial charge in [-0.25, -0.2) is 4.79 Å². The van der Waals surface area contributed by atoms with Crippen molar-refractivity contribution < 1.29 is 19.1 Å². The van der Waals surface area contributed by atoms with Crippen molar-refractivity contribution >= 4 is 29.3 Å². The molecule has 1 aliphatic heterocycles. The van der Waals surface area contributed by atoms with Crippen LogP contribution in [0.1, 0.15) is 18.9 Å². The molecule has 1 aliphatic rings. The van der Waals surface area contributed by atoms with E-state index in [-0.39, 0.29) is 12.5 Å². The molecule has 6 heteroatoms. The predicted molar refractivity (Wildman–Crippen MR) is 102 cm³/mol. The fraction of sp³-hybridized carbons (Fsp3) is 0.300. The van der Waals surface area contributed by atoms with Gasteiger partial charge in [0.1, 0.15) is 5.75 Å². The van der Waals surface area contributed by atoms with Crippen molar-refractivity contribution in [3.8, 4) is 5.75 Å². The molecule has 0 bridgehead atoms. The summed E-state index contributed by atoms with van der Waals surface area (Å²) in [6, 6.07) is 15.1. The summed E-state index contributed by atoms with van der Waals surface area (Å²) in [4.78, 5) is 26.5. The van der Waals surface area contributed by atoms with Gasteiger partial charge in [-0.15, -0.1) is 0 Å². The van der Waals surface area contributed by atoms with E-state index < -0.39 is 10.7 Å². The summed E-state index contributed by atoms with van der Waals surface area (Å²) in [7, 11) is 1.62. The van der Waals surface area contributed by atoms with E-state index in [0.717, 1.165) is 21.9 Å². The maximum absolute atomic E-state index is 12.9. The van der Waals surface area contributed by atoms with E-state index in [1.165, 1.54) is 11.8 Å². The highest BCUT2D eigenvalue weighted by atomic mass is 32.2.